The second-order valence-electron chi connectivity index (χ2n) is 3.43. The number of carboxylic acid groups (broad SMARTS) is 2. The van der Waals surface area contributed by atoms with Crippen LogP contribution in [0.2, 0.25) is 0 Å². The van der Waals surface area contributed by atoms with Crippen molar-refractivity contribution < 1.29 is 19.8 Å². The molecule has 6 N–H and O–H groups in total. The minimum atomic E-state index is -1.82. The highest BCUT2D eigenvalue weighted by Crippen LogP contribution is 1.96. The molecule has 20 heavy (non-hydrogen) atoms. The summed E-state index contributed by atoms with van der Waals surface area (Å²) in [7, 11) is 0. The molecule has 106 valence electrons. The summed E-state index contributed by atoms with van der Waals surface area (Å²) in [6, 6.07) is 19.0. The topological polar surface area (TPSA) is 127 Å². The van der Waals surface area contributed by atoms with Crippen molar-refractivity contribution in [3.8, 4) is 0 Å². The van der Waals surface area contributed by atoms with Gasteiger partial charge in [-0.25, -0.2) is 9.59 Å². The zero-order valence-corrected chi connectivity index (χ0v) is 10.6. The molecule has 0 saturated carbocycles. The zero-order chi connectivity index (χ0) is 15.4. The lowest BCUT2D eigenvalue weighted by atomic mass is 10.3. The first-order chi connectivity index (χ1) is 9.43. The van der Waals surface area contributed by atoms with E-state index in [1.807, 2.05) is 60.7 Å². The van der Waals surface area contributed by atoms with Crippen molar-refractivity contribution >= 4 is 23.3 Å². The van der Waals surface area contributed by atoms with Crippen molar-refractivity contribution in [3.63, 3.8) is 0 Å². The molecule has 6 nitrogen and oxygen atoms in total. The van der Waals surface area contributed by atoms with Crippen molar-refractivity contribution in [2.45, 2.75) is 0 Å². The Kier molecular flexibility index (Phi) is 8.45. The Morgan fingerprint density at radius 2 is 0.900 bits per heavy atom. The summed E-state index contributed by atoms with van der Waals surface area (Å²) in [5, 5.41) is 14.8. The first-order valence-corrected chi connectivity index (χ1v) is 5.50. The minimum Gasteiger partial charge on any atom is -0.473 e. The fourth-order valence-corrected chi connectivity index (χ4v) is 0.906. The molecule has 0 heterocycles. The van der Waals surface area contributed by atoms with E-state index >= 15 is 0 Å². The van der Waals surface area contributed by atoms with Gasteiger partial charge in [-0.05, 0) is 24.3 Å². The smallest absolute Gasteiger partial charge is 0.414 e. The van der Waals surface area contributed by atoms with Crippen molar-refractivity contribution in [1.82, 2.24) is 0 Å². The molecule has 0 aromatic heterocycles. The predicted octanol–water partition coefficient (Wildman–Crippen LogP) is 1.69. The van der Waals surface area contributed by atoms with Gasteiger partial charge in [0.2, 0.25) is 0 Å². The lowest BCUT2D eigenvalue weighted by Crippen LogP contribution is -2.09. The number of benzene rings is 2. The van der Waals surface area contributed by atoms with Crippen molar-refractivity contribution in [2.75, 3.05) is 11.5 Å². The number of rotatable bonds is 0. The van der Waals surface area contributed by atoms with Crippen LogP contribution < -0.4 is 11.5 Å². The van der Waals surface area contributed by atoms with Crippen LogP contribution in [-0.2, 0) is 9.59 Å². The molecular formula is C14H16N2O4. The summed E-state index contributed by atoms with van der Waals surface area (Å²) in [6.45, 7) is 0. The maximum atomic E-state index is 9.10. The summed E-state index contributed by atoms with van der Waals surface area (Å²) in [5.74, 6) is -3.65. The first-order valence-electron chi connectivity index (χ1n) is 5.50. The van der Waals surface area contributed by atoms with Crippen LogP contribution in [0.3, 0.4) is 0 Å². The van der Waals surface area contributed by atoms with E-state index in [0.29, 0.717) is 0 Å². The minimum absolute atomic E-state index is 0.822. The van der Waals surface area contributed by atoms with E-state index in [9.17, 15) is 0 Å². The molecule has 0 aliphatic heterocycles. The Hall–Kier alpha value is -3.02. The van der Waals surface area contributed by atoms with Gasteiger partial charge in [-0.15, -0.1) is 0 Å². The van der Waals surface area contributed by atoms with Crippen LogP contribution in [0.5, 0.6) is 0 Å². The molecule has 2 rings (SSSR count). The summed E-state index contributed by atoms with van der Waals surface area (Å²) in [4.78, 5) is 18.2. The fourth-order valence-electron chi connectivity index (χ4n) is 0.906. The maximum absolute atomic E-state index is 9.10. The third-order valence-electron chi connectivity index (χ3n) is 1.78. The van der Waals surface area contributed by atoms with Crippen LogP contribution in [0.25, 0.3) is 0 Å². The molecule has 0 amide bonds. The number of hydrogen-bond acceptors (Lipinski definition) is 4. The van der Waals surface area contributed by atoms with Crippen molar-refractivity contribution in [1.29, 1.82) is 0 Å². The summed E-state index contributed by atoms with van der Waals surface area (Å²) in [5.41, 5.74) is 12.4. The van der Waals surface area contributed by atoms with Crippen LogP contribution >= 0.6 is 0 Å². The van der Waals surface area contributed by atoms with E-state index in [2.05, 4.69) is 0 Å². The first kappa shape index (κ1) is 17.0. The second-order valence-corrected chi connectivity index (χ2v) is 3.43. The van der Waals surface area contributed by atoms with E-state index in [-0.39, 0.29) is 0 Å². The summed E-state index contributed by atoms with van der Waals surface area (Å²) < 4.78 is 0. The summed E-state index contributed by atoms with van der Waals surface area (Å²) in [6.07, 6.45) is 0. The third-order valence-corrected chi connectivity index (χ3v) is 1.78. The van der Waals surface area contributed by atoms with Crippen LogP contribution in [0.15, 0.2) is 60.7 Å². The second kappa shape index (κ2) is 9.95. The fraction of sp³-hybridized carbons (Fsp3) is 0. The van der Waals surface area contributed by atoms with Gasteiger partial charge in [0, 0.05) is 11.4 Å². The van der Waals surface area contributed by atoms with Gasteiger partial charge in [0.15, 0.2) is 0 Å². The van der Waals surface area contributed by atoms with Gasteiger partial charge < -0.3 is 21.7 Å². The molecule has 0 atom stereocenters. The molecular weight excluding hydrogens is 260 g/mol. The highest BCUT2D eigenvalue weighted by Gasteiger charge is 2.04. The number of carbonyl (C=O) groups is 2. The highest BCUT2D eigenvalue weighted by atomic mass is 16.4. The van der Waals surface area contributed by atoms with Gasteiger partial charge in [-0.1, -0.05) is 36.4 Å². The van der Waals surface area contributed by atoms with Gasteiger partial charge in [-0.2, -0.15) is 0 Å². The van der Waals surface area contributed by atoms with Crippen LogP contribution in [0.1, 0.15) is 0 Å². The number of hydrogen-bond donors (Lipinski definition) is 4. The maximum Gasteiger partial charge on any atom is 0.414 e. The van der Waals surface area contributed by atoms with Crippen molar-refractivity contribution in [3.05, 3.63) is 60.7 Å². The number of nitrogens with two attached hydrogens (primary N) is 2. The average Bonchev–Trinajstić information content (AvgIpc) is 2.42. The normalized spacial score (nSPS) is 8.20. The number of aliphatic carboxylic acids is 2. The third kappa shape index (κ3) is 10.2. The largest absolute Gasteiger partial charge is 0.473 e. The Morgan fingerprint density at radius 1 is 0.650 bits per heavy atom. The van der Waals surface area contributed by atoms with E-state index < -0.39 is 11.9 Å². The molecule has 0 aliphatic carbocycles. The quantitative estimate of drug-likeness (QED) is 0.428. The van der Waals surface area contributed by atoms with Gasteiger partial charge >= 0.3 is 11.9 Å². The van der Waals surface area contributed by atoms with E-state index in [1.165, 1.54) is 0 Å². The van der Waals surface area contributed by atoms with Gasteiger partial charge in [-0.3, -0.25) is 0 Å². The molecule has 0 bridgehead atoms. The lowest BCUT2D eigenvalue weighted by molar-refractivity contribution is -0.159. The van der Waals surface area contributed by atoms with Gasteiger partial charge in [0.05, 0.1) is 0 Å². The molecule has 0 unspecified atom stereocenters. The Bertz CT molecular complexity index is 466. The molecule has 0 spiro atoms. The predicted molar refractivity (Wildman–Crippen MR) is 77.0 cm³/mol. The molecule has 2 aromatic rings. The van der Waals surface area contributed by atoms with Crippen LogP contribution in [0, 0.1) is 0 Å². The number of carboxylic acids is 2. The van der Waals surface area contributed by atoms with E-state index in [0.717, 1.165) is 11.4 Å². The Balaban J connectivity index is 0.000000272. The van der Waals surface area contributed by atoms with E-state index in [4.69, 9.17) is 31.3 Å². The molecule has 0 fully saturated rings. The Morgan fingerprint density at radius 3 is 1.00 bits per heavy atom. The Labute approximate surface area is 116 Å². The van der Waals surface area contributed by atoms with Crippen molar-refractivity contribution in [2.24, 2.45) is 0 Å². The standard InChI is InChI=1S/2C6H7N.C2H2O4/c2*7-6-4-2-1-3-5-6;3-1(4)2(5)6/h2*1-5H,7H2;(H,3,4)(H,5,6). The zero-order valence-electron chi connectivity index (χ0n) is 10.6. The summed E-state index contributed by atoms with van der Waals surface area (Å²) >= 11 is 0. The number of nitrogen functional groups attached to an aromatic ring is 2. The van der Waals surface area contributed by atoms with Gasteiger partial charge in [0.25, 0.3) is 0 Å². The highest BCUT2D eigenvalue weighted by molar-refractivity contribution is 6.27. The molecule has 0 aliphatic rings. The number of para-hydroxylation sites is 2. The lowest BCUT2D eigenvalue weighted by Gasteiger charge is -1.83. The van der Waals surface area contributed by atoms with Crippen LogP contribution in [-0.4, -0.2) is 22.2 Å². The molecule has 0 saturated heterocycles. The average molecular weight is 276 g/mol. The number of anilines is 2. The van der Waals surface area contributed by atoms with Crippen LogP contribution in [0.4, 0.5) is 11.4 Å². The van der Waals surface area contributed by atoms with Gasteiger partial charge in [0.1, 0.15) is 0 Å². The molecule has 6 heteroatoms. The SMILES string of the molecule is Nc1ccccc1.Nc1ccccc1.O=C(O)C(=O)O. The molecule has 2 aromatic carbocycles. The van der Waals surface area contributed by atoms with E-state index in [1.54, 1.807) is 0 Å². The molecule has 0 radical (unpaired) electrons. The monoisotopic (exact) mass is 276 g/mol.